The summed E-state index contributed by atoms with van der Waals surface area (Å²) in [6.45, 7) is 3.33. The highest BCUT2D eigenvalue weighted by Crippen LogP contribution is 2.30. The molecule has 0 radical (unpaired) electrons. The Labute approximate surface area is 163 Å². The average Bonchev–Trinajstić information content (AvgIpc) is 3.33. The van der Waals surface area contributed by atoms with E-state index < -0.39 is 22.2 Å². The van der Waals surface area contributed by atoms with Gasteiger partial charge in [-0.15, -0.1) is 11.3 Å². The lowest BCUT2D eigenvalue weighted by molar-refractivity contribution is -0.136. The van der Waals surface area contributed by atoms with E-state index in [1.165, 1.54) is 4.31 Å². The number of rotatable bonds is 5. The second-order valence-electron chi connectivity index (χ2n) is 6.69. The Kier molecular flexibility index (Phi) is 6.38. The fourth-order valence-corrected chi connectivity index (χ4v) is 6.42. The number of carbonyl (C=O) groups excluding carboxylic acids is 2. The fraction of sp³-hybridized carbons (Fsp3) is 0.647. The SMILES string of the molecule is CCOC(=O)NC1CCCN(C(=O)C2CCCN2S(=O)(=O)c2cccs2)C1. The van der Waals surface area contributed by atoms with Gasteiger partial charge in [-0.05, 0) is 44.1 Å². The van der Waals surface area contributed by atoms with Crippen molar-refractivity contribution in [3.8, 4) is 0 Å². The Bertz CT molecular complexity index is 766. The molecule has 2 fully saturated rings. The van der Waals surface area contributed by atoms with Crippen LogP contribution in [-0.4, -0.2) is 67.9 Å². The van der Waals surface area contributed by atoms with Gasteiger partial charge in [0.1, 0.15) is 10.3 Å². The van der Waals surface area contributed by atoms with Crippen LogP contribution >= 0.6 is 11.3 Å². The molecular weight excluding hydrogens is 390 g/mol. The Morgan fingerprint density at radius 2 is 2.07 bits per heavy atom. The van der Waals surface area contributed by atoms with Crippen molar-refractivity contribution < 1.29 is 22.7 Å². The summed E-state index contributed by atoms with van der Waals surface area (Å²) in [5.74, 6) is -0.178. The number of amides is 2. The molecule has 1 aromatic rings. The number of piperidine rings is 1. The second-order valence-corrected chi connectivity index (χ2v) is 9.76. The first kappa shape index (κ1) is 20.1. The minimum Gasteiger partial charge on any atom is -0.450 e. The van der Waals surface area contributed by atoms with Crippen LogP contribution in [0.5, 0.6) is 0 Å². The topological polar surface area (TPSA) is 96.0 Å². The van der Waals surface area contributed by atoms with Crippen LogP contribution in [0.3, 0.4) is 0 Å². The van der Waals surface area contributed by atoms with E-state index in [9.17, 15) is 18.0 Å². The van der Waals surface area contributed by atoms with Gasteiger partial charge in [0, 0.05) is 25.7 Å². The van der Waals surface area contributed by atoms with Crippen molar-refractivity contribution in [1.82, 2.24) is 14.5 Å². The Morgan fingerprint density at radius 1 is 1.30 bits per heavy atom. The molecule has 10 heteroatoms. The molecule has 1 N–H and O–H groups in total. The zero-order chi connectivity index (χ0) is 19.4. The van der Waals surface area contributed by atoms with Crippen LogP contribution in [-0.2, 0) is 19.6 Å². The van der Waals surface area contributed by atoms with Gasteiger partial charge in [0.2, 0.25) is 5.91 Å². The van der Waals surface area contributed by atoms with Crippen LogP contribution in [0.4, 0.5) is 4.79 Å². The summed E-state index contributed by atoms with van der Waals surface area (Å²) in [5.41, 5.74) is 0. The second kappa shape index (κ2) is 8.57. The van der Waals surface area contributed by atoms with Crippen LogP contribution in [0.25, 0.3) is 0 Å². The maximum absolute atomic E-state index is 13.1. The van der Waals surface area contributed by atoms with Gasteiger partial charge in [-0.25, -0.2) is 13.2 Å². The number of hydrogen-bond donors (Lipinski definition) is 1. The fourth-order valence-electron chi connectivity index (χ4n) is 3.65. The molecule has 2 aliphatic heterocycles. The van der Waals surface area contributed by atoms with Gasteiger partial charge in [0.15, 0.2) is 0 Å². The zero-order valence-electron chi connectivity index (χ0n) is 15.3. The van der Waals surface area contributed by atoms with Crippen molar-refractivity contribution >= 4 is 33.4 Å². The van der Waals surface area contributed by atoms with Crippen LogP contribution < -0.4 is 5.32 Å². The summed E-state index contributed by atoms with van der Waals surface area (Å²) >= 11 is 1.16. The highest BCUT2D eigenvalue weighted by molar-refractivity contribution is 7.91. The summed E-state index contributed by atoms with van der Waals surface area (Å²) in [4.78, 5) is 26.4. The standard InChI is InChI=1S/C17H25N3O5S2/c1-2-25-17(22)18-13-6-3-9-19(12-13)16(21)14-7-4-10-20(14)27(23,24)15-8-5-11-26-15/h5,8,11,13-14H,2-4,6-7,9-10,12H2,1H3,(H,18,22). The molecule has 150 valence electrons. The third-order valence-electron chi connectivity index (χ3n) is 4.88. The molecule has 3 rings (SSSR count). The normalized spacial score (nSPS) is 24.0. The first-order valence-corrected chi connectivity index (χ1v) is 11.5. The molecule has 0 aliphatic carbocycles. The minimum absolute atomic E-state index is 0.175. The van der Waals surface area contributed by atoms with Crippen molar-refractivity contribution in [1.29, 1.82) is 0 Å². The van der Waals surface area contributed by atoms with Crippen molar-refractivity contribution in [3.63, 3.8) is 0 Å². The molecule has 0 aromatic carbocycles. The Hall–Kier alpha value is -1.65. The predicted octanol–water partition coefficient (Wildman–Crippen LogP) is 1.64. The maximum Gasteiger partial charge on any atom is 0.407 e. The van der Waals surface area contributed by atoms with Crippen LogP contribution in [0.2, 0.25) is 0 Å². The zero-order valence-corrected chi connectivity index (χ0v) is 16.9. The molecular formula is C17H25N3O5S2. The number of nitrogens with one attached hydrogen (secondary N) is 1. The number of likely N-dealkylation sites (tertiary alicyclic amines) is 1. The van der Waals surface area contributed by atoms with Crippen molar-refractivity contribution in [2.24, 2.45) is 0 Å². The highest BCUT2D eigenvalue weighted by atomic mass is 32.2. The molecule has 8 nitrogen and oxygen atoms in total. The lowest BCUT2D eigenvalue weighted by atomic mass is 10.0. The van der Waals surface area contributed by atoms with Crippen molar-refractivity contribution in [3.05, 3.63) is 17.5 Å². The van der Waals surface area contributed by atoms with Crippen molar-refractivity contribution in [2.75, 3.05) is 26.2 Å². The van der Waals surface area contributed by atoms with E-state index >= 15 is 0 Å². The van der Waals surface area contributed by atoms with E-state index in [1.54, 1.807) is 29.3 Å². The van der Waals surface area contributed by atoms with Gasteiger partial charge in [-0.3, -0.25) is 4.79 Å². The quantitative estimate of drug-likeness (QED) is 0.789. The maximum atomic E-state index is 13.1. The first-order chi connectivity index (χ1) is 12.9. The summed E-state index contributed by atoms with van der Waals surface area (Å²) in [5, 5.41) is 4.49. The molecule has 2 saturated heterocycles. The number of sulfonamides is 1. The monoisotopic (exact) mass is 415 g/mol. The molecule has 2 aliphatic rings. The van der Waals surface area contributed by atoms with Gasteiger partial charge in [0.05, 0.1) is 6.61 Å². The third-order valence-corrected chi connectivity index (χ3v) is 8.16. The number of nitrogens with zero attached hydrogens (tertiary/aromatic N) is 2. The van der Waals surface area contributed by atoms with Crippen LogP contribution in [0.15, 0.2) is 21.7 Å². The van der Waals surface area contributed by atoms with E-state index in [1.807, 2.05) is 0 Å². The van der Waals surface area contributed by atoms with E-state index in [4.69, 9.17) is 4.74 Å². The van der Waals surface area contributed by atoms with E-state index in [0.717, 1.165) is 24.2 Å². The van der Waals surface area contributed by atoms with Crippen LogP contribution in [0.1, 0.15) is 32.6 Å². The number of alkyl carbamates (subject to hydrolysis) is 1. The van der Waals surface area contributed by atoms with E-state index in [0.29, 0.717) is 39.1 Å². The lowest BCUT2D eigenvalue weighted by Gasteiger charge is -2.35. The number of thiophene rings is 1. The van der Waals surface area contributed by atoms with Crippen molar-refractivity contribution in [2.45, 2.75) is 48.9 Å². The summed E-state index contributed by atoms with van der Waals surface area (Å²) < 4.78 is 32.2. The molecule has 27 heavy (non-hydrogen) atoms. The molecule has 0 saturated carbocycles. The summed E-state index contributed by atoms with van der Waals surface area (Å²) in [7, 11) is -3.65. The largest absolute Gasteiger partial charge is 0.450 e. The minimum atomic E-state index is -3.65. The molecule has 1 aromatic heterocycles. The molecule has 0 spiro atoms. The highest BCUT2D eigenvalue weighted by Gasteiger charge is 2.42. The third kappa shape index (κ3) is 4.44. The summed E-state index contributed by atoms with van der Waals surface area (Å²) in [6.07, 6.45) is 2.23. The van der Waals surface area contributed by atoms with Gasteiger partial charge >= 0.3 is 6.09 Å². The Balaban J connectivity index is 1.68. The van der Waals surface area contributed by atoms with E-state index in [-0.39, 0.29) is 16.2 Å². The predicted molar refractivity (Wildman–Crippen MR) is 101 cm³/mol. The molecule has 3 heterocycles. The molecule has 2 amide bonds. The Morgan fingerprint density at radius 3 is 2.78 bits per heavy atom. The number of ether oxygens (including phenoxy) is 1. The number of hydrogen-bond acceptors (Lipinski definition) is 6. The first-order valence-electron chi connectivity index (χ1n) is 9.21. The van der Waals surface area contributed by atoms with Gasteiger partial charge in [0.25, 0.3) is 10.0 Å². The lowest BCUT2D eigenvalue weighted by Crippen LogP contribution is -2.54. The number of carbonyl (C=O) groups is 2. The smallest absolute Gasteiger partial charge is 0.407 e. The van der Waals surface area contributed by atoms with Gasteiger partial charge < -0.3 is 15.0 Å². The van der Waals surface area contributed by atoms with Gasteiger partial charge in [-0.2, -0.15) is 4.31 Å². The molecule has 2 unspecified atom stereocenters. The van der Waals surface area contributed by atoms with Crippen LogP contribution in [0, 0.1) is 0 Å². The molecule has 0 bridgehead atoms. The van der Waals surface area contributed by atoms with E-state index in [2.05, 4.69) is 5.32 Å². The van der Waals surface area contributed by atoms with Gasteiger partial charge in [-0.1, -0.05) is 6.07 Å². The average molecular weight is 416 g/mol. The summed E-state index contributed by atoms with van der Waals surface area (Å²) in [6, 6.07) is 2.42. The molecule has 2 atom stereocenters.